The number of nitrogens with zero attached hydrogens (tertiary/aromatic N) is 1. The van der Waals surface area contributed by atoms with Crippen molar-refractivity contribution in [3.63, 3.8) is 0 Å². The SMILES string of the molecule is CC1Oc2ccc(S(=O)(=O)c3cccc(F)c3)cc2[C@@H](Oc2noc3cc(Cl)ccc23)[C@@H]1O. The lowest BCUT2D eigenvalue weighted by Crippen LogP contribution is -2.41. The first-order valence-electron chi connectivity index (χ1n) is 9.95. The smallest absolute Gasteiger partial charge is 0.262 e. The molecule has 5 rings (SSSR count). The molecule has 0 saturated carbocycles. The zero-order valence-electron chi connectivity index (χ0n) is 17.1. The van der Waals surface area contributed by atoms with E-state index < -0.39 is 34.0 Å². The second kappa shape index (κ2) is 8.02. The molecule has 170 valence electrons. The Kier molecular flexibility index (Phi) is 5.27. The molecule has 1 aliphatic rings. The van der Waals surface area contributed by atoms with Gasteiger partial charge in [0, 0.05) is 16.7 Å². The summed E-state index contributed by atoms with van der Waals surface area (Å²) < 4.78 is 56.9. The van der Waals surface area contributed by atoms with E-state index >= 15 is 0 Å². The number of hydrogen-bond acceptors (Lipinski definition) is 7. The van der Waals surface area contributed by atoms with Crippen LogP contribution in [0.4, 0.5) is 4.39 Å². The van der Waals surface area contributed by atoms with Crippen molar-refractivity contribution < 1.29 is 31.9 Å². The molecule has 1 unspecified atom stereocenters. The molecule has 33 heavy (non-hydrogen) atoms. The van der Waals surface area contributed by atoms with E-state index in [1.54, 1.807) is 25.1 Å². The number of rotatable bonds is 4. The third-order valence-electron chi connectivity index (χ3n) is 5.45. The summed E-state index contributed by atoms with van der Waals surface area (Å²) in [5.41, 5.74) is 0.706. The average Bonchev–Trinajstić information content (AvgIpc) is 3.18. The first-order valence-corrected chi connectivity index (χ1v) is 11.8. The quantitative estimate of drug-likeness (QED) is 0.443. The highest BCUT2D eigenvalue weighted by atomic mass is 35.5. The average molecular weight is 490 g/mol. The van der Waals surface area contributed by atoms with Crippen molar-refractivity contribution in [3.05, 3.63) is 77.1 Å². The largest absolute Gasteiger partial charge is 0.487 e. The number of fused-ring (bicyclic) bond motifs is 2. The lowest BCUT2D eigenvalue weighted by molar-refractivity contribution is -0.0521. The van der Waals surface area contributed by atoms with Gasteiger partial charge in [-0.3, -0.25) is 0 Å². The van der Waals surface area contributed by atoms with Crippen molar-refractivity contribution >= 4 is 32.4 Å². The molecular weight excluding hydrogens is 473 g/mol. The number of aliphatic hydroxyl groups excluding tert-OH is 1. The monoisotopic (exact) mass is 489 g/mol. The standard InChI is InChI=1S/C23H17ClFNO6S/c1-12-21(27)22(31-23-17-7-5-13(24)9-20(17)32-26-23)18-11-16(6-8-19(18)30-12)33(28,29)15-4-2-3-14(25)10-15/h2-12,21-22,27H,1H3/t12?,21-,22-/m1/s1. The normalized spacial score (nSPS) is 20.3. The zero-order chi connectivity index (χ0) is 23.3. The maximum Gasteiger partial charge on any atom is 0.262 e. The summed E-state index contributed by atoms with van der Waals surface area (Å²) in [6, 6.07) is 13.9. The van der Waals surface area contributed by atoms with Gasteiger partial charge in [-0.2, -0.15) is 0 Å². The number of hydrogen-bond donors (Lipinski definition) is 1. The highest BCUT2D eigenvalue weighted by molar-refractivity contribution is 7.91. The minimum atomic E-state index is -4.03. The Bertz CT molecular complexity index is 1470. The van der Waals surface area contributed by atoms with Gasteiger partial charge in [-0.05, 0) is 60.6 Å². The predicted octanol–water partition coefficient (Wildman–Crippen LogP) is 4.72. The minimum absolute atomic E-state index is 0.0948. The molecule has 3 aromatic carbocycles. The highest BCUT2D eigenvalue weighted by Crippen LogP contribution is 2.41. The molecule has 4 aromatic rings. The second-order valence-electron chi connectivity index (χ2n) is 7.64. The molecule has 0 spiro atoms. The maximum absolute atomic E-state index is 13.6. The van der Waals surface area contributed by atoms with Gasteiger partial charge in [0.25, 0.3) is 5.88 Å². The molecule has 1 N–H and O–H groups in total. The molecule has 2 heterocycles. The van der Waals surface area contributed by atoms with Crippen molar-refractivity contribution in [2.24, 2.45) is 0 Å². The molecular formula is C23H17ClFNO6S. The second-order valence-corrected chi connectivity index (χ2v) is 10.0. The van der Waals surface area contributed by atoms with Gasteiger partial charge in [0.2, 0.25) is 9.84 Å². The first kappa shape index (κ1) is 21.7. The number of aromatic nitrogens is 1. The number of halogens is 2. The van der Waals surface area contributed by atoms with Crippen LogP contribution in [0.5, 0.6) is 11.6 Å². The van der Waals surface area contributed by atoms with Gasteiger partial charge < -0.3 is 19.1 Å². The fourth-order valence-electron chi connectivity index (χ4n) is 3.72. The van der Waals surface area contributed by atoms with Gasteiger partial charge in [-0.1, -0.05) is 17.7 Å². The molecule has 0 amide bonds. The molecule has 10 heteroatoms. The molecule has 0 saturated heterocycles. The summed E-state index contributed by atoms with van der Waals surface area (Å²) >= 11 is 5.98. The van der Waals surface area contributed by atoms with Crippen LogP contribution in [0.1, 0.15) is 18.6 Å². The first-order chi connectivity index (χ1) is 15.7. The number of aliphatic hydroxyl groups is 1. The Morgan fingerprint density at radius 1 is 1.09 bits per heavy atom. The molecule has 1 aliphatic heterocycles. The third kappa shape index (κ3) is 3.82. The maximum atomic E-state index is 13.6. The van der Waals surface area contributed by atoms with Crippen LogP contribution >= 0.6 is 11.6 Å². The number of sulfone groups is 1. The van der Waals surface area contributed by atoms with E-state index in [0.717, 1.165) is 12.1 Å². The van der Waals surface area contributed by atoms with E-state index in [0.29, 0.717) is 27.3 Å². The summed E-state index contributed by atoms with van der Waals surface area (Å²) in [5, 5.41) is 15.7. The summed E-state index contributed by atoms with van der Waals surface area (Å²) in [4.78, 5) is -0.285. The fraction of sp³-hybridized carbons (Fsp3) is 0.174. The Hall–Kier alpha value is -3.14. The van der Waals surface area contributed by atoms with Crippen molar-refractivity contribution in [1.29, 1.82) is 0 Å². The van der Waals surface area contributed by atoms with Crippen LogP contribution in [0.25, 0.3) is 11.0 Å². The van der Waals surface area contributed by atoms with Gasteiger partial charge >= 0.3 is 0 Å². The predicted molar refractivity (Wildman–Crippen MR) is 117 cm³/mol. The van der Waals surface area contributed by atoms with Crippen molar-refractivity contribution in [1.82, 2.24) is 5.16 Å². The Balaban J connectivity index is 1.58. The lowest BCUT2D eigenvalue weighted by atomic mass is 9.96. The summed E-state index contributed by atoms with van der Waals surface area (Å²) in [5.74, 6) is -0.197. The van der Waals surface area contributed by atoms with Crippen molar-refractivity contribution in [3.8, 4) is 11.6 Å². The third-order valence-corrected chi connectivity index (χ3v) is 7.43. The van der Waals surface area contributed by atoms with Gasteiger partial charge in [0.1, 0.15) is 23.8 Å². The lowest BCUT2D eigenvalue weighted by Gasteiger charge is -2.34. The van der Waals surface area contributed by atoms with E-state index in [1.165, 1.54) is 30.3 Å². The van der Waals surface area contributed by atoms with Gasteiger partial charge in [-0.25, -0.2) is 12.8 Å². The molecule has 1 aromatic heterocycles. The van der Waals surface area contributed by atoms with Crippen LogP contribution < -0.4 is 9.47 Å². The molecule has 0 aliphatic carbocycles. The summed E-state index contributed by atoms with van der Waals surface area (Å²) in [7, 11) is -4.03. The van der Waals surface area contributed by atoms with E-state index in [-0.39, 0.29) is 15.7 Å². The van der Waals surface area contributed by atoms with Crippen LogP contribution in [0.15, 0.2) is 75.0 Å². The zero-order valence-corrected chi connectivity index (χ0v) is 18.7. The molecule has 3 atom stereocenters. The Labute approximate surface area is 193 Å². The van der Waals surface area contributed by atoms with E-state index in [9.17, 15) is 17.9 Å². The van der Waals surface area contributed by atoms with Crippen LogP contribution in [-0.4, -0.2) is 30.9 Å². The van der Waals surface area contributed by atoms with Crippen LogP contribution in [0, 0.1) is 5.82 Å². The molecule has 0 fully saturated rings. The Morgan fingerprint density at radius 2 is 1.88 bits per heavy atom. The van der Waals surface area contributed by atoms with Gasteiger partial charge in [-0.15, -0.1) is 0 Å². The molecule has 0 bridgehead atoms. The van der Waals surface area contributed by atoms with Crippen LogP contribution in [0.2, 0.25) is 5.02 Å². The topological polar surface area (TPSA) is 98.9 Å². The number of ether oxygens (including phenoxy) is 2. The highest BCUT2D eigenvalue weighted by Gasteiger charge is 2.38. The van der Waals surface area contributed by atoms with E-state index in [1.807, 2.05) is 0 Å². The van der Waals surface area contributed by atoms with Gasteiger partial charge in [0.15, 0.2) is 11.7 Å². The molecule has 0 radical (unpaired) electrons. The molecule has 7 nitrogen and oxygen atoms in total. The van der Waals surface area contributed by atoms with E-state index in [4.69, 9.17) is 25.6 Å². The van der Waals surface area contributed by atoms with Crippen molar-refractivity contribution in [2.75, 3.05) is 0 Å². The summed E-state index contributed by atoms with van der Waals surface area (Å²) in [6.07, 6.45) is -2.78. The summed E-state index contributed by atoms with van der Waals surface area (Å²) in [6.45, 7) is 1.67. The Morgan fingerprint density at radius 3 is 2.67 bits per heavy atom. The van der Waals surface area contributed by atoms with Crippen molar-refractivity contribution in [2.45, 2.75) is 35.0 Å². The van der Waals surface area contributed by atoms with Crippen LogP contribution in [0.3, 0.4) is 0 Å². The van der Waals surface area contributed by atoms with E-state index in [2.05, 4.69) is 5.16 Å². The number of benzene rings is 3. The minimum Gasteiger partial charge on any atom is -0.487 e. The fourth-order valence-corrected chi connectivity index (χ4v) is 5.21. The van der Waals surface area contributed by atoms with Gasteiger partial charge in [0.05, 0.1) is 15.2 Å². The van der Waals surface area contributed by atoms with Crippen LogP contribution in [-0.2, 0) is 9.84 Å².